The summed E-state index contributed by atoms with van der Waals surface area (Å²) in [6.07, 6.45) is 6.22. The van der Waals surface area contributed by atoms with Crippen LogP contribution in [0.4, 0.5) is 5.69 Å². The number of aromatic nitrogens is 4. The van der Waals surface area contributed by atoms with Crippen LogP contribution in [-0.2, 0) is 14.4 Å². The molecule has 5 rings (SSSR count). The minimum Gasteiger partial charge on any atom is -0.371 e. The second-order valence-electron chi connectivity index (χ2n) is 11.0. The molecule has 3 aromatic rings. The molecule has 2 fully saturated rings. The number of primary amides is 1. The van der Waals surface area contributed by atoms with Crippen molar-refractivity contribution >= 4 is 34.2 Å². The Morgan fingerprint density at radius 3 is 2.50 bits per heavy atom. The van der Waals surface area contributed by atoms with Gasteiger partial charge in [-0.25, -0.2) is 9.97 Å². The van der Waals surface area contributed by atoms with Gasteiger partial charge in [-0.2, -0.15) is 10.2 Å². The number of fused-ring (bicyclic) bond motifs is 2. The molecule has 11 heteroatoms. The van der Waals surface area contributed by atoms with Gasteiger partial charge in [0.05, 0.1) is 24.3 Å². The molecule has 5 atom stereocenters. The molecule has 38 heavy (non-hydrogen) atoms. The Hall–Kier alpha value is -4.15. The van der Waals surface area contributed by atoms with E-state index < -0.39 is 29.9 Å². The van der Waals surface area contributed by atoms with Crippen molar-refractivity contribution in [2.24, 2.45) is 28.9 Å². The van der Waals surface area contributed by atoms with E-state index in [1.54, 1.807) is 29.6 Å². The number of hydrogen-bond acceptors (Lipinski definition) is 8. The molecular formula is C27H32N8O3. The van der Waals surface area contributed by atoms with E-state index in [1.165, 1.54) is 6.33 Å². The summed E-state index contributed by atoms with van der Waals surface area (Å²) < 4.78 is 0. The van der Waals surface area contributed by atoms with Gasteiger partial charge in [0.15, 0.2) is 6.04 Å². The van der Waals surface area contributed by atoms with E-state index in [9.17, 15) is 14.4 Å². The zero-order valence-electron chi connectivity index (χ0n) is 21.8. The second kappa shape index (κ2) is 9.62. The van der Waals surface area contributed by atoms with E-state index in [4.69, 9.17) is 5.73 Å². The number of nitrogens with one attached hydrogen (secondary N) is 2. The maximum atomic E-state index is 13.9. The average molecular weight is 517 g/mol. The minimum atomic E-state index is -1.19. The lowest BCUT2D eigenvalue weighted by Crippen LogP contribution is -2.56. The van der Waals surface area contributed by atoms with Crippen LogP contribution in [0.25, 0.3) is 10.8 Å². The van der Waals surface area contributed by atoms with Crippen molar-refractivity contribution < 1.29 is 14.4 Å². The summed E-state index contributed by atoms with van der Waals surface area (Å²) in [5, 5.41) is 15.6. The molecule has 1 saturated heterocycles. The maximum Gasteiger partial charge on any atom is 0.246 e. The summed E-state index contributed by atoms with van der Waals surface area (Å²) in [5.74, 6) is -1.29. The van der Waals surface area contributed by atoms with Crippen molar-refractivity contribution in [3.8, 4) is 0 Å². The molecule has 0 bridgehead atoms. The first-order chi connectivity index (χ1) is 18.1. The Labute approximate surface area is 220 Å². The fourth-order valence-electron chi connectivity index (χ4n) is 5.82. The van der Waals surface area contributed by atoms with Gasteiger partial charge in [0.2, 0.25) is 17.7 Å². The molecule has 0 spiro atoms. The Kier molecular flexibility index (Phi) is 6.46. The Morgan fingerprint density at radius 1 is 1.11 bits per heavy atom. The summed E-state index contributed by atoms with van der Waals surface area (Å²) in [5.41, 5.74) is 6.54. The fourth-order valence-corrected chi connectivity index (χ4v) is 5.82. The number of rotatable bonds is 8. The number of piperidine rings is 1. The topological polar surface area (TPSA) is 156 Å². The van der Waals surface area contributed by atoms with Crippen LogP contribution >= 0.6 is 0 Å². The minimum absolute atomic E-state index is 0.0357. The van der Waals surface area contributed by atoms with Crippen molar-refractivity contribution in [1.29, 1.82) is 0 Å². The molecule has 3 amide bonds. The molecule has 2 aromatic heterocycles. The zero-order valence-corrected chi connectivity index (χ0v) is 21.8. The van der Waals surface area contributed by atoms with Crippen LogP contribution in [0.5, 0.6) is 0 Å². The number of benzene rings is 1. The maximum absolute atomic E-state index is 13.9. The van der Waals surface area contributed by atoms with Gasteiger partial charge < -0.3 is 21.3 Å². The standard InChI is InChI=1S/C27H32N8O3/c1-14(2)20(32-16-10-29-13-30-11-16)26(38)35-12-18-19(27(18,3)4)23(35)25(37)33-22(24(28)36)21-17-8-6-5-7-15(17)9-31-34-21/h5-11,13-14,18-20,22-23,32H,12H2,1-4H3,(H2,28,36)(H,33,37)/t18-,19-,20?,22?,23-/m0/s1. The molecule has 2 unspecified atom stereocenters. The lowest BCUT2D eigenvalue weighted by molar-refractivity contribution is -0.142. The van der Waals surface area contributed by atoms with Crippen LogP contribution in [0.1, 0.15) is 39.4 Å². The fraction of sp³-hybridized carbons (Fsp3) is 0.444. The second-order valence-corrected chi connectivity index (χ2v) is 11.0. The van der Waals surface area contributed by atoms with Crippen molar-refractivity contribution in [1.82, 2.24) is 30.4 Å². The summed E-state index contributed by atoms with van der Waals surface area (Å²) in [7, 11) is 0. The van der Waals surface area contributed by atoms with Crippen molar-refractivity contribution in [2.45, 2.75) is 45.8 Å². The molecule has 11 nitrogen and oxygen atoms in total. The smallest absolute Gasteiger partial charge is 0.246 e. The summed E-state index contributed by atoms with van der Waals surface area (Å²) in [6, 6.07) is 4.79. The number of carbonyl (C=O) groups is 3. The summed E-state index contributed by atoms with van der Waals surface area (Å²) in [6.45, 7) is 8.55. The highest BCUT2D eigenvalue weighted by molar-refractivity contribution is 5.97. The molecule has 2 aliphatic rings. The van der Waals surface area contributed by atoms with Gasteiger partial charge in [0, 0.05) is 17.3 Å². The van der Waals surface area contributed by atoms with Crippen LogP contribution in [0.2, 0.25) is 0 Å². The SMILES string of the molecule is CC(C)C(Nc1cncnc1)C(=O)N1C[C@H]2[C@@H]([C@H]1C(=O)NC(C(N)=O)c1nncc3ccccc13)C2(C)C. The summed E-state index contributed by atoms with van der Waals surface area (Å²) in [4.78, 5) is 50.0. The van der Waals surface area contributed by atoms with Crippen LogP contribution in [0.15, 0.2) is 49.2 Å². The molecule has 4 N–H and O–H groups in total. The molecule has 1 aliphatic carbocycles. The van der Waals surface area contributed by atoms with Gasteiger partial charge in [-0.05, 0) is 23.2 Å². The van der Waals surface area contributed by atoms with E-state index in [-0.39, 0.29) is 34.8 Å². The number of likely N-dealkylation sites (tertiary alicyclic amines) is 1. The van der Waals surface area contributed by atoms with Crippen molar-refractivity contribution in [3.63, 3.8) is 0 Å². The van der Waals surface area contributed by atoms with Gasteiger partial charge in [-0.1, -0.05) is 52.0 Å². The third-order valence-electron chi connectivity index (χ3n) is 8.02. The number of nitrogens with zero attached hydrogens (tertiary/aromatic N) is 5. The molecule has 3 heterocycles. The molecule has 1 aliphatic heterocycles. The highest BCUT2D eigenvalue weighted by atomic mass is 16.2. The number of hydrogen-bond donors (Lipinski definition) is 3. The van der Waals surface area contributed by atoms with Crippen LogP contribution in [0, 0.1) is 23.2 Å². The van der Waals surface area contributed by atoms with Gasteiger partial charge in [0.25, 0.3) is 0 Å². The lowest BCUT2D eigenvalue weighted by Gasteiger charge is -2.35. The van der Waals surface area contributed by atoms with E-state index in [2.05, 4.69) is 44.6 Å². The first-order valence-corrected chi connectivity index (χ1v) is 12.7. The first kappa shape index (κ1) is 25.5. The van der Waals surface area contributed by atoms with E-state index in [0.717, 1.165) is 5.39 Å². The zero-order chi connectivity index (χ0) is 27.2. The number of anilines is 1. The molecule has 1 saturated carbocycles. The normalized spacial score (nSPS) is 23.0. The molecular weight excluding hydrogens is 484 g/mol. The summed E-state index contributed by atoms with van der Waals surface area (Å²) >= 11 is 0. The Bertz CT molecular complexity index is 1370. The van der Waals surface area contributed by atoms with E-state index in [1.807, 2.05) is 32.0 Å². The molecule has 198 valence electrons. The van der Waals surface area contributed by atoms with E-state index >= 15 is 0 Å². The lowest BCUT2D eigenvalue weighted by atomic mass is 9.96. The molecule has 0 radical (unpaired) electrons. The Morgan fingerprint density at radius 2 is 1.82 bits per heavy atom. The van der Waals surface area contributed by atoms with Gasteiger partial charge in [-0.15, -0.1) is 0 Å². The quantitative estimate of drug-likeness (QED) is 0.408. The van der Waals surface area contributed by atoms with Gasteiger partial charge in [0.1, 0.15) is 24.1 Å². The predicted octanol–water partition coefficient (Wildman–Crippen LogP) is 1.68. The van der Waals surface area contributed by atoms with Crippen LogP contribution in [0.3, 0.4) is 0 Å². The number of nitrogens with two attached hydrogens (primary N) is 1. The van der Waals surface area contributed by atoms with Crippen LogP contribution < -0.4 is 16.4 Å². The van der Waals surface area contributed by atoms with Crippen molar-refractivity contribution in [3.05, 3.63) is 54.9 Å². The van der Waals surface area contributed by atoms with Gasteiger partial charge >= 0.3 is 0 Å². The third-order valence-corrected chi connectivity index (χ3v) is 8.02. The van der Waals surface area contributed by atoms with Crippen LogP contribution in [-0.4, -0.2) is 61.4 Å². The Balaban J connectivity index is 1.43. The first-order valence-electron chi connectivity index (χ1n) is 12.7. The molecule has 1 aromatic carbocycles. The monoisotopic (exact) mass is 516 g/mol. The largest absolute Gasteiger partial charge is 0.371 e. The number of carbonyl (C=O) groups excluding carboxylic acids is 3. The number of amides is 3. The van der Waals surface area contributed by atoms with Gasteiger partial charge in [-0.3, -0.25) is 14.4 Å². The van der Waals surface area contributed by atoms with Crippen molar-refractivity contribution in [2.75, 3.05) is 11.9 Å². The predicted molar refractivity (Wildman–Crippen MR) is 140 cm³/mol. The van der Waals surface area contributed by atoms with E-state index in [0.29, 0.717) is 17.6 Å². The highest BCUT2D eigenvalue weighted by Crippen LogP contribution is 2.65. The average Bonchev–Trinajstić information content (AvgIpc) is 3.22. The third kappa shape index (κ3) is 4.42. The highest BCUT2D eigenvalue weighted by Gasteiger charge is 2.69.